The standard InChI is InChI=1S/C18H17N3O4S/c1-16(8-19)7-18-15(23)20(3)17(2,26-18)14(22)21(18)13(16)10-4-5-11-12(6-10)25-9-24-11/h4-6,13H,7,9H2,1-3H3/t13-,16-,17+,18-/m0/s1. The molecule has 0 aliphatic carbocycles. The highest BCUT2D eigenvalue weighted by molar-refractivity contribution is 8.04. The normalized spacial score (nSPS) is 39.5. The van der Waals surface area contributed by atoms with Gasteiger partial charge in [-0.3, -0.25) is 9.59 Å². The van der Waals surface area contributed by atoms with Gasteiger partial charge in [-0.1, -0.05) is 17.8 Å². The van der Waals surface area contributed by atoms with Crippen molar-refractivity contribution < 1.29 is 19.1 Å². The molecule has 7 nitrogen and oxygen atoms in total. The summed E-state index contributed by atoms with van der Waals surface area (Å²) < 4.78 is 10.8. The molecule has 8 heteroatoms. The van der Waals surface area contributed by atoms with Gasteiger partial charge in [0.2, 0.25) is 6.79 Å². The minimum Gasteiger partial charge on any atom is -0.454 e. The number of likely N-dealkylation sites (N-methyl/N-ethyl adjacent to an activating group) is 1. The van der Waals surface area contributed by atoms with Gasteiger partial charge in [-0.25, -0.2) is 0 Å². The second kappa shape index (κ2) is 4.46. The number of rotatable bonds is 1. The van der Waals surface area contributed by atoms with E-state index in [1.165, 1.54) is 16.7 Å². The highest BCUT2D eigenvalue weighted by atomic mass is 32.2. The van der Waals surface area contributed by atoms with E-state index in [0.29, 0.717) is 17.9 Å². The number of carbonyl (C=O) groups is 2. The zero-order valence-electron chi connectivity index (χ0n) is 14.6. The molecule has 0 saturated carbocycles. The lowest BCUT2D eigenvalue weighted by molar-refractivity contribution is -0.159. The first-order valence-electron chi connectivity index (χ1n) is 8.40. The van der Waals surface area contributed by atoms with Crippen LogP contribution < -0.4 is 9.47 Å². The second-order valence-corrected chi connectivity index (χ2v) is 9.30. The van der Waals surface area contributed by atoms with Crippen LogP contribution in [0.1, 0.15) is 31.9 Å². The molecule has 3 saturated heterocycles. The maximum absolute atomic E-state index is 13.3. The second-order valence-electron chi connectivity index (χ2n) is 7.63. The van der Waals surface area contributed by atoms with Crippen LogP contribution in [0.15, 0.2) is 18.2 Å². The van der Waals surface area contributed by atoms with E-state index in [4.69, 9.17) is 9.47 Å². The molecule has 4 atom stereocenters. The number of piperazine rings is 1. The monoisotopic (exact) mass is 371 g/mol. The average Bonchev–Trinajstić information content (AvgIpc) is 3.28. The van der Waals surface area contributed by atoms with Gasteiger partial charge >= 0.3 is 0 Å². The molecule has 0 radical (unpaired) electrons. The Morgan fingerprint density at radius 1 is 1.23 bits per heavy atom. The molecule has 134 valence electrons. The fourth-order valence-electron chi connectivity index (χ4n) is 4.73. The Balaban J connectivity index is 1.69. The van der Waals surface area contributed by atoms with Crippen molar-refractivity contribution in [2.24, 2.45) is 5.41 Å². The molecular formula is C18H17N3O4S. The quantitative estimate of drug-likeness (QED) is 0.749. The third-order valence-electron chi connectivity index (χ3n) is 6.09. The van der Waals surface area contributed by atoms with Gasteiger partial charge in [0.05, 0.1) is 17.5 Å². The lowest BCUT2D eigenvalue weighted by atomic mass is 9.79. The third-order valence-corrected chi connectivity index (χ3v) is 7.79. The van der Waals surface area contributed by atoms with Crippen molar-refractivity contribution in [2.45, 2.75) is 36.1 Å². The molecule has 2 bridgehead atoms. The smallest absolute Gasteiger partial charge is 0.261 e. The minimum atomic E-state index is -1.01. The molecule has 4 aliphatic rings. The van der Waals surface area contributed by atoms with Crippen LogP contribution in [0, 0.1) is 16.7 Å². The van der Waals surface area contributed by atoms with Gasteiger partial charge in [-0.15, -0.1) is 0 Å². The Labute approximate surface area is 154 Å². The molecule has 4 aliphatic heterocycles. The number of hydrogen-bond donors (Lipinski definition) is 0. The van der Waals surface area contributed by atoms with Crippen LogP contribution in [0.4, 0.5) is 0 Å². The Kier molecular flexibility index (Phi) is 2.72. The number of nitrogens with zero attached hydrogens (tertiary/aromatic N) is 3. The number of amides is 2. The number of thioether (sulfide) groups is 1. The predicted molar refractivity (Wildman–Crippen MR) is 92.0 cm³/mol. The summed E-state index contributed by atoms with van der Waals surface area (Å²) >= 11 is 1.36. The van der Waals surface area contributed by atoms with Gasteiger partial charge in [0, 0.05) is 13.5 Å². The van der Waals surface area contributed by atoms with Crippen molar-refractivity contribution in [1.82, 2.24) is 9.80 Å². The van der Waals surface area contributed by atoms with Crippen molar-refractivity contribution in [3.8, 4) is 17.6 Å². The summed E-state index contributed by atoms with van der Waals surface area (Å²) in [5.41, 5.74) is -0.0887. The number of fused-ring (bicyclic) bond motifs is 2. The lowest BCUT2D eigenvalue weighted by Crippen LogP contribution is -2.60. The molecule has 0 N–H and O–H groups in total. The number of hydrogen-bond acceptors (Lipinski definition) is 6. The number of nitriles is 1. The molecule has 1 aromatic carbocycles. The minimum absolute atomic E-state index is 0.102. The van der Waals surface area contributed by atoms with Crippen molar-refractivity contribution >= 4 is 23.6 Å². The van der Waals surface area contributed by atoms with Crippen molar-refractivity contribution in [3.05, 3.63) is 23.8 Å². The lowest BCUT2D eigenvalue weighted by Gasteiger charge is -2.40. The Hall–Kier alpha value is -2.40. The average molecular weight is 371 g/mol. The molecule has 2 amide bonds. The van der Waals surface area contributed by atoms with Crippen LogP contribution in [-0.2, 0) is 9.59 Å². The molecule has 26 heavy (non-hydrogen) atoms. The number of ether oxygens (including phenoxy) is 2. The Morgan fingerprint density at radius 3 is 2.69 bits per heavy atom. The number of benzene rings is 1. The van der Waals surface area contributed by atoms with Crippen molar-refractivity contribution in [2.75, 3.05) is 13.8 Å². The van der Waals surface area contributed by atoms with E-state index in [-0.39, 0.29) is 18.6 Å². The van der Waals surface area contributed by atoms with E-state index in [2.05, 4.69) is 6.07 Å². The highest BCUT2D eigenvalue weighted by Gasteiger charge is 2.78. The molecule has 5 rings (SSSR count). The van der Waals surface area contributed by atoms with Gasteiger partial charge in [-0.2, -0.15) is 5.26 Å². The van der Waals surface area contributed by atoms with Gasteiger partial charge in [0.15, 0.2) is 21.2 Å². The molecule has 4 heterocycles. The summed E-state index contributed by atoms with van der Waals surface area (Å²) in [7, 11) is 1.66. The van der Waals surface area contributed by atoms with Crippen LogP contribution in [0.2, 0.25) is 0 Å². The van der Waals surface area contributed by atoms with E-state index >= 15 is 0 Å². The first kappa shape index (κ1) is 15.8. The van der Waals surface area contributed by atoms with E-state index in [9.17, 15) is 14.9 Å². The van der Waals surface area contributed by atoms with Crippen LogP contribution in [0.3, 0.4) is 0 Å². The zero-order valence-corrected chi connectivity index (χ0v) is 15.4. The predicted octanol–water partition coefficient (Wildman–Crippen LogP) is 1.85. The fourth-order valence-corrected chi connectivity index (χ4v) is 6.67. The Morgan fingerprint density at radius 2 is 1.96 bits per heavy atom. The molecular weight excluding hydrogens is 354 g/mol. The highest BCUT2D eigenvalue weighted by Crippen LogP contribution is 2.69. The van der Waals surface area contributed by atoms with Gasteiger partial charge in [-0.05, 0) is 31.5 Å². The number of carbonyl (C=O) groups excluding carboxylic acids is 2. The molecule has 3 fully saturated rings. The van der Waals surface area contributed by atoms with Gasteiger partial charge < -0.3 is 19.3 Å². The molecule has 0 unspecified atom stereocenters. The summed E-state index contributed by atoms with van der Waals surface area (Å²) in [6.45, 7) is 3.76. The third kappa shape index (κ3) is 1.52. The maximum Gasteiger partial charge on any atom is 0.261 e. The maximum atomic E-state index is 13.3. The van der Waals surface area contributed by atoms with Crippen molar-refractivity contribution in [1.29, 1.82) is 5.26 Å². The van der Waals surface area contributed by atoms with Crippen LogP contribution >= 0.6 is 11.8 Å². The topological polar surface area (TPSA) is 82.9 Å². The van der Waals surface area contributed by atoms with E-state index in [1.54, 1.807) is 24.9 Å². The zero-order chi connectivity index (χ0) is 18.5. The molecule has 1 spiro atoms. The largest absolute Gasteiger partial charge is 0.454 e. The van der Waals surface area contributed by atoms with E-state index in [0.717, 1.165) is 5.56 Å². The van der Waals surface area contributed by atoms with Crippen LogP contribution in [0.25, 0.3) is 0 Å². The fraction of sp³-hybridized carbons (Fsp3) is 0.500. The van der Waals surface area contributed by atoms with Crippen LogP contribution in [-0.4, -0.2) is 45.2 Å². The summed E-state index contributed by atoms with van der Waals surface area (Å²) in [5, 5.41) is 9.95. The SMILES string of the molecule is CN1C(=O)[C@@]23C[C@@](C)(C#N)[C@H](c4ccc5c(c4)OCO5)N2C(=O)[C@@]1(C)S3. The molecule has 1 aromatic rings. The van der Waals surface area contributed by atoms with Crippen LogP contribution in [0.5, 0.6) is 11.5 Å². The van der Waals surface area contributed by atoms with Gasteiger partial charge in [0.25, 0.3) is 11.8 Å². The van der Waals surface area contributed by atoms with E-state index in [1.807, 2.05) is 19.1 Å². The summed E-state index contributed by atoms with van der Waals surface area (Å²) in [5.74, 6) is 1.02. The van der Waals surface area contributed by atoms with Crippen molar-refractivity contribution in [3.63, 3.8) is 0 Å². The van der Waals surface area contributed by atoms with Gasteiger partial charge in [0.1, 0.15) is 0 Å². The summed E-state index contributed by atoms with van der Waals surface area (Å²) in [6.07, 6.45) is 0.310. The van der Waals surface area contributed by atoms with E-state index < -0.39 is 21.2 Å². The molecule has 0 aromatic heterocycles. The summed E-state index contributed by atoms with van der Waals surface area (Å²) in [4.78, 5) is 27.6. The first-order valence-corrected chi connectivity index (χ1v) is 9.21. The Bertz CT molecular complexity index is 930. The summed E-state index contributed by atoms with van der Waals surface area (Å²) in [6, 6.07) is 7.34. The first-order chi connectivity index (χ1) is 12.3.